The number of benzene rings is 1. The Morgan fingerprint density at radius 1 is 1.06 bits per heavy atom. The molecule has 11 heteroatoms. The van der Waals surface area contributed by atoms with Crippen molar-refractivity contribution in [2.75, 3.05) is 32.0 Å². The molecular weight excluding hydrogens is 428 g/mol. The van der Waals surface area contributed by atoms with Crippen LogP contribution in [0.3, 0.4) is 0 Å². The van der Waals surface area contributed by atoms with Gasteiger partial charge in [-0.3, -0.25) is 14.5 Å². The van der Waals surface area contributed by atoms with Gasteiger partial charge in [-0.25, -0.2) is 0 Å². The highest BCUT2D eigenvalue weighted by atomic mass is 19.4. The summed E-state index contributed by atoms with van der Waals surface area (Å²) in [4.78, 5) is 28.4. The van der Waals surface area contributed by atoms with Crippen LogP contribution in [0.2, 0.25) is 0 Å². The molecule has 0 spiro atoms. The SMILES string of the molecule is CN1CCCCC1C(=O)N1CC(CC(=O)Nc2ccc(C(F)(F)F)cc2C(F)(F)F)C1. The number of anilines is 1. The van der Waals surface area contributed by atoms with Gasteiger partial charge in [-0.15, -0.1) is 0 Å². The van der Waals surface area contributed by atoms with Crippen LogP contribution in [0, 0.1) is 5.92 Å². The largest absolute Gasteiger partial charge is 0.418 e. The number of hydrogen-bond donors (Lipinski definition) is 1. The predicted octanol–water partition coefficient (Wildman–Crippen LogP) is 4.00. The van der Waals surface area contributed by atoms with E-state index in [1.807, 2.05) is 11.9 Å². The van der Waals surface area contributed by atoms with Crippen LogP contribution in [0.15, 0.2) is 18.2 Å². The number of rotatable bonds is 4. The predicted molar refractivity (Wildman–Crippen MR) is 100 cm³/mol. The summed E-state index contributed by atoms with van der Waals surface area (Å²) < 4.78 is 77.8. The van der Waals surface area contributed by atoms with Crippen LogP contribution >= 0.6 is 0 Å². The number of nitrogens with zero attached hydrogens (tertiary/aromatic N) is 2. The molecule has 2 aliphatic heterocycles. The maximum atomic E-state index is 13.2. The summed E-state index contributed by atoms with van der Waals surface area (Å²) in [7, 11) is 1.88. The third-order valence-corrected chi connectivity index (χ3v) is 5.72. The number of nitrogens with one attached hydrogen (secondary N) is 1. The Morgan fingerprint density at radius 3 is 2.32 bits per heavy atom. The van der Waals surface area contributed by atoms with Crippen molar-refractivity contribution in [3.63, 3.8) is 0 Å². The second-order valence-electron chi connectivity index (χ2n) is 8.11. The lowest BCUT2D eigenvalue weighted by molar-refractivity contribution is -0.145. The second-order valence-corrected chi connectivity index (χ2v) is 8.11. The van der Waals surface area contributed by atoms with Crippen LogP contribution in [0.5, 0.6) is 0 Å². The van der Waals surface area contributed by atoms with Gasteiger partial charge in [-0.1, -0.05) is 6.42 Å². The van der Waals surface area contributed by atoms with Gasteiger partial charge in [-0.05, 0) is 44.6 Å². The van der Waals surface area contributed by atoms with E-state index in [2.05, 4.69) is 5.32 Å². The molecule has 1 aromatic rings. The van der Waals surface area contributed by atoms with Gasteiger partial charge in [0.1, 0.15) is 0 Å². The number of piperidine rings is 1. The van der Waals surface area contributed by atoms with E-state index in [1.54, 1.807) is 4.90 Å². The number of carbonyl (C=O) groups excluding carboxylic acids is 2. The molecule has 31 heavy (non-hydrogen) atoms. The summed E-state index contributed by atoms with van der Waals surface area (Å²) in [6.45, 7) is 1.50. The van der Waals surface area contributed by atoms with Crippen molar-refractivity contribution < 1.29 is 35.9 Å². The lowest BCUT2D eigenvalue weighted by Crippen LogP contribution is -2.57. The molecule has 0 saturated carbocycles. The van der Waals surface area contributed by atoms with Crippen molar-refractivity contribution in [3.8, 4) is 0 Å². The highest BCUT2D eigenvalue weighted by molar-refractivity contribution is 5.92. The molecule has 1 aromatic carbocycles. The van der Waals surface area contributed by atoms with E-state index >= 15 is 0 Å². The van der Waals surface area contributed by atoms with Crippen LogP contribution in [0.1, 0.15) is 36.8 Å². The van der Waals surface area contributed by atoms with Crippen molar-refractivity contribution in [3.05, 3.63) is 29.3 Å². The molecule has 1 unspecified atom stereocenters. The molecule has 2 heterocycles. The van der Waals surface area contributed by atoms with Crippen molar-refractivity contribution >= 4 is 17.5 Å². The number of halogens is 6. The first-order chi connectivity index (χ1) is 14.4. The lowest BCUT2D eigenvalue weighted by Gasteiger charge is -2.43. The van der Waals surface area contributed by atoms with Crippen LogP contribution in [0.4, 0.5) is 32.0 Å². The van der Waals surface area contributed by atoms with E-state index in [-0.39, 0.29) is 30.4 Å². The van der Waals surface area contributed by atoms with E-state index in [4.69, 9.17) is 0 Å². The minimum Gasteiger partial charge on any atom is -0.341 e. The fourth-order valence-corrected chi connectivity index (χ4v) is 4.00. The van der Waals surface area contributed by atoms with E-state index in [1.165, 1.54) is 0 Å². The smallest absolute Gasteiger partial charge is 0.341 e. The van der Waals surface area contributed by atoms with Gasteiger partial charge in [0, 0.05) is 25.4 Å². The van der Waals surface area contributed by atoms with Gasteiger partial charge in [0.15, 0.2) is 0 Å². The monoisotopic (exact) mass is 451 g/mol. The van der Waals surface area contributed by atoms with Gasteiger partial charge in [0.2, 0.25) is 11.8 Å². The standard InChI is InChI=1S/C20H23F6N3O2/c1-28-7-3-2-4-16(28)18(31)29-10-12(11-29)8-17(30)27-15-6-5-13(19(21,22)23)9-14(15)20(24,25)26/h5-6,9,12,16H,2-4,7-8,10-11H2,1H3,(H,27,30). The van der Waals surface area contributed by atoms with E-state index in [0.717, 1.165) is 25.8 Å². The lowest BCUT2D eigenvalue weighted by atomic mass is 9.93. The van der Waals surface area contributed by atoms with E-state index < -0.39 is 35.1 Å². The van der Waals surface area contributed by atoms with Gasteiger partial charge < -0.3 is 10.2 Å². The second kappa shape index (κ2) is 8.68. The molecule has 2 aliphatic rings. The molecule has 0 bridgehead atoms. The topological polar surface area (TPSA) is 52.7 Å². The summed E-state index contributed by atoms with van der Waals surface area (Å²) in [5.41, 5.74) is -3.72. The zero-order valence-electron chi connectivity index (χ0n) is 16.8. The fraction of sp³-hybridized carbons (Fsp3) is 0.600. The Kier molecular flexibility index (Phi) is 6.54. The Labute approximate surface area is 175 Å². The van der Waals surface area contributed by atoms with Crippen LogP contribution in [-0.2, 0) is 21.9 Å². The first kappa shape index (κ1) is 23.4. The third-order valence-electron chi connectivity index (χ3n) is 5.72. The molecule has 0 radical (unpaired) electrons. The maximum absolute atomic E-state index is 13.2. The fourth-order valence-electron chi connectivity index (χ4n) is 4.00. The molecule has 1 atom stereocenters. The molecule has 3 rings (SSSR count). The minimum atomic E-state index is -5.06. The van der Waals surface area contributed by atoms with Crippen molar-refractivity contribution in [2.45, 2.75) is 44.1 Å². The zero-order valence-corrected chi connectivity index (χ0v) is 16.8. The molecule has 0 aromatic heterocycles. The summed E-state index contributed by atoms with van der Waals surface area (Å²) in [6, 6.07) is 0.902. The van der Waals surface area contributed by atoms with E-state index in [9.17, 15) is 35.9 Å². The number of carbonyl (C=O) groups is 2. The van der Waals surface area contributed by atoms with Crippen molar-refractivity contribution in [1.29, 1.82) is 0 Å². The molecule has 0 aliphatic carbocycles. The van der Waals surface area contributed by atoms with Crippen molar-refractivity contribution in [2.24, 2.45) is 5.92 Å². The van der Waals surface area contributed by atoms with E-state index in [0.29, 0.717) is 25.2 Å². The molecular formula is C20H23F6N3O2. The van der Waals surface area contributed by atoms with Crippen LogP contribution in [-0.4, -0.2) is 54.3 Å². The number of amides is 2. The summed E-state index contributed by atoms with van der Waals surface area (Å²) in [5, 5.41) is 2.07. The molecule has 172 valence electrons. The summed E-state index contributed by atoms with van der Waals surface area (Å²) >= 11 is 0. The minimum absolute atomic E-state index is 0.0130. The number of alkyl halides is 6. The van der Waals surface area contributed by atoms with Gasteiger partial charge in [-0.2, -0.15) is 26.3 Å². The average molecular weight is 451 g/mol. The average Bonchev–Trinajstić information content (AvgIpc) is 2.62. The molecule has 1 N–H and O–H groups in total. The zero-order chi connectivity index (χ0) is 23.0. The molecule has 5 nitrogen and oxygen atoms in total. The Hall–Kier alpha value is -2.30. The first-order valence-corrected chi connectivity index (χ1v) is 9.93. The normalized spacial score (nSPS) is 21.0. The highest BCUT2D eigenvalue weighted by Crippen LogP contribution is 2.39. The first-order valence-electron chi connectivity index (χ1n) is 9.93. The summed E-state index contributed by atoms with van der Waals surface area (Å²) in [6.07, 6.45) is -7.35. The molecule has 2 fully saturated rings. The van der Waals surface area contributed by atoms with Crippen molar-refractivity contribution in [1.82, 2.24) is 9.80 Å². The molecule has 2 saturated heterocycles. The Balaban J connectivity index is 1.58. The molecule has 2 amide bonds. The quantitative estimate of drug-likeness (QED) is 0.705. The summed E-state index contributed by atoms with van der Waals surface area (Å²) in [5.74, 6) is -0.959. The number of hydrogen-bond acceptors (Lipinski definition) is 3. The maximum Gasteiger partial charge on any atom is 0.418 e. The Morgan fingerprint density at radius 2 is 1.74 bits per heavy atom. The number of likely N-dealkylation sites (tertiary alicyclic amines) is 2. The van der Waals surface area contributed by atoms with Crippen LogP contribution < -0.4 is 5.32 Å². The van der Waals surface area contributed by atoms with Crippen LogP contribution in [0.25, 0.3) is 0 Å². The number of likely N-dealkylation sites (N-methyl/N-ethyl adjacent to an activating group) is 1. The third kappa shape index (κ3) is 5.50. The highest BCUT2D eigenvalue weighted by Gasteiger charge is 2.40. The van der Waals surface area contributed by atoms with Gasteiger partial charge >= 0.3 is 12.4 Å². The van der Waals surface area contributed by atoms with Gasteiger partial charge in [0.05, 0.1) is 22.9 Å². The Bertz CT molecular complexity index is 833. The van der Waals surface area contributed by atoms with Gasteiger partial charge in [0.25, 0.3) is 0 Å².